The van der Waals surface area contributed by atoms with E-state index in [4.69, 9.17) is 4.74 Å². The molecule has 1 saturated carbocycles. The Morgan fingerprint density at radius 1 is 1.50 bits per heavy atom. The van der Waals surface area contributed by atoms with Gasteiger partial charge < -0.3 is 10.1 Å². The summed E-state index contributed by atoms with van der Waals surface area (Å²) in [5.74, 6) is 0.792. The molecule has 0 aromatic rings. The quantitative estimate of drug-likeness (QED) is 0.675. The van der Waals surface area contributed by atoms with E-state index in [-0.39, 0.29) is 0 Å². The number of fused-ring (bicyclic) bond motifs is 1. The van der Waals surface area contributed by atoms with E-state index >= 15 is 0 Å². The molecule has 1 unspecified atom stereocenters. The van der Waals surface area contributed by atoms with Crippen LogP contribution in [-0.2, 0) is 4.74 Å². The minimum atomic E-state index is 0.358. The molecule has 1 aliphatic heterocycles. The molecule has 1 aliphatic carbocycles. The van der Waals surface area contributed by atoms with Crippen LogP contribution >= 0.6 is 0 Å². The lowest BCUT2D eigenvalue weighted by molar-refractivity contribution is -0.111. The fourth-order valence-corrected chi connectivity index (χ4v) is 2.96. The van der Waals surface area contributed by atoms with Gasteiger partial charge in [-0.15, -0.1) is 0 Å². The molecule has 1 saturated heterocycles. The van der Waals surface area contributed by atoms with Crippen LogP contribution < -0.4 is 5.32 Å². The van der Waals surface area contributed by atoms with E-state index in [1.807, 2.05) is 0 Å². The summed E-state index contributed by atoms with van der Waals surface area (Å²) >= 11 is 0. The maximum absolute atomic E-state index is 5.70. The second kappa shape index (κ2) is 2.71. The molecule has 2 rings (SSSR count). The molecular formula is C10H19NO. The first-order valence-electron chi connectivity index (χ1n) is 5.03. The molecule has 1 N–H and O–H groups in total. The first-order valence-corrected chi connectivity index (χ1v) is 5.03. The van der Waals surface area contributed by atoms with Crippen molar-refractivity contribution in [2.45, 2.75) is 39.3 Å². The maximum atomic E-state index is 5.70. The first kappa shape index (κ1) is 8.52. The van der Waals surface area contributed by atoms with Crippen molar-refractivity contribution in [1.29, 1.82) is 0 Å². The van der Waals surface area contributed by atoms with Gasteiger partial charge in [0, 0.05) is 24.0 Å². The van der Waals surface area contributed by atoms with Crippen molar-refractivity contribution in [3.8, 4) is 0 Å². The van der Waals surface area contributed by atoms with Gasteiger partial charge in [0.2, 0.25) is 0 Å². The second-order valence-electron chi connectivity index (χ2n) is 4.60. The fraction of sp³-hybridized carbons (Fsp3) is 1.00. The molecular weight excluding hydrogens is 150 g/mol. The summed E-state index contributed by atoms with van der Waals surface area (Å²) in [6.07, 6.45) is 1.78. The Labute approximate surface area is 74.7 Å². The summed E-state index contributed by atoms with van der Waals surface area (Å²) in [6.45, 7) is 8.86. The van der Waals surface area contributed by atoms with Crippen molar-refractivity contribution in [2.75, 3.05) is 13.2 Å². The third-order valence-electron chi connectivity index (χ3n) is 3.52. The summed E-state index contributed by atoms with van der Waals surface area (Å²) in [5.41, 5.74) is 0.358. The molecule has 2 fully saturated rings. The van der Waals surface area contributed by atoms with Crippen LogP contribution in [0.4, 0.5) is 0 Å². The topological polar surface area (TPSA) is 21.3 Å². The highest BCUT2D eigenvalue weighted by atomic mass is 16.5. The van der Waals surface area contributed by atoms with Crippen LogP contribution in [-0.4, -0.2) is 25.3 Å². The first-order chi connectivity index (χ1) is 5.68. The molecule has 0 radical (unpaired) electrons. The van der Waals surface area contributed by atoms with Gasteiger partial charge in [-0.3, -0.25) is 0 Å². The minimum absolute atomic E-state index is 0.358. The zero-order valence-electron chi connectivity index (χ0n) is 8.26. The smallest absolute Gasteiger partial charge is 0.0685 e. The molecule has 0 aromatic heterocycles. The lowest BCUT2D eigenvalue weighted by Gasteiger charge is -2.54. The van der Waals surface area contributed by atoms with Crippen LogP contribution in [0, 0.1) is 11.3 Å². The second-order valence-corrected chi connectivity index (χ2v) is 4.60. The summed E-state index contributed by atoms with van der Waals surface area (Å²) in [7, 11) is 0. The van der Waals surface area contributed by atoms with Crippen molar-refractivity contribution in [2.24, 2.45) is 11.3 Å². The van der Waals surface area contributed by atoms with E-state index < -0.39 is 0 Å². The Bertz CT molecular complexity index is 179. The largest absolute Gasteiger partial charge is 0.377 e. The summed E-state index contributed by atoms with van der Waals surface area (Å²) in [4.78, 5) is 0. The van der Waals surface area contributed by atoms with Gasteiger partial charge in [0.25, 0.3) is 0 Å². The number of rotatable bonds is 2. The summed E-state index contributed by atoms with van der Waals surface area (Å²) < 4.78 is 5.70. The van der Waals surface area contributed by atoms with Gasteiger partial charge in [0.05, 0.1) is 6.10 Å². The van der Waals surface area contributed by atoms with Crippen LogP contribution in [0.1, 0.15) is 27.2 Å². The molecule has 3 atom stereocenters. The van der Waals surface area contributed by atoms with Crippen molar-refractivity contribution in [3.05, 3.63) is 0 Å². The highest BCUT2D eigenvalue weighted by molar-refractivity contribution is 5.10. The van der Waals surface area contributed by atoms with Gasteiger partial charge in [-0.05, 0) is 13.0 Å². The van der Waals surface area contributed by atoms with E-state index in [0.29, 0.717) is 17.6 Å². The molecule has 70 valence electrons. The molecule has 2 aliphatic rings. The highest BCUT2D eigenvalue weighted by Gasteiger charge is 2.58. The van der Waals surface area contributed by atoms with Gasteiger partial charge >= 0.3 is 0 Å². The molecule has 12 heavy (non-hydrogen) atoms. The predicted molar refractivity (Wildman–Crippen MR) is 49.1 cm³/mol. The normalized spacial score (nSPS) is 43.8. The predicted octanol–water partition coefficient (Wildman–Crippen LogP) is 1.41. The average molecular weight is 169 g/mol. The van der Waals surface area contributed by atoms with Crippen LogP contribution in [0.3, 0.4) is 0 Å². The minimum Gasteiger partial charge on any atom is -0.377 e. The van der Waals surface area contributed by atoms with Gasteiger partial charge in [-0.1, -0.05) is 20.8 Å². The van der Waals surface area contributed by atoms with Crippen molar-refractivity contribution in [1.82, 2.24) is 5.32 Å². The Balaban J connectivity index is 2.04. The van der Waals surface area contributed by atoms with Gasteiger partial charge in [-0.2, -0.15) is 0 Å². The number of nitrogens with one attached hydrogen (secondary N) is 1. The molecule has 0 aromatic carbocycles. The van der Waals surface area contributed by atoms with Crippen LogP contribution in [0.5, 0.6) is 0 Å². The molecule has 2 nitrogen and oxygen atoms in total. The van der Waals surface area contributed by atoms with Crippen molar-refractivity contribution >= 4 is 0 Å². The van der Waals surface area contributed by atoms with E-state index in [0.717, 1.165) is 19.1 Å². The Kier molecular flexibility index (Phi) is 1.92. The van der Waals surface area contributed by atoms with Gasteiger partial charge in [0.1, 0.15) is 0 Å². The van der Waals surface area contributed by atoms with Crippen LogP contribution in [0.15, 0.2) is 0 Å². The van der Waals surface area contributed by atoms with Crippen LogP contribution in [0.25, 0.3) is 0 Å². The third-order valence-corrected chi connectivity index (χ3v) is 3.52. The lowest BCUT2D eigenvalue weighted by atomic mass is 9.57. The maximum Gasteiger partial charge on any atom is 0.0685 e. The van der Waals surface area contributed by atoms with Crippen LogP contribution in [0.2, 0.25) is 0 Å². The zero-order valence-corrected chi connectivity index (χ0v) is 8.26. The number of ether oxygens (including phenoxy) is 1. The molecule has 2 heteroatoms. The van der Waals surface area contributed by atoms with Gasteiger partial charge in [0.15, 0.2) is 0 Å². The van der Waals surface area contributed by atoms with E-state index in [2.05, 4.69) is 26.1 Å². The monoisotopic (exact) mass is 169 g/mol. The molecule has 0 bridgehead atoms. The molecule has 1 heterocycles. The summed E-state index contributed by atoms with van der Waals surface area (Å²) in [6, 6.07) is 0.690. The number of hydrogen-bond acceptors (Lipinski definition) is 2. The zero-order chi connectivity index (χ0) is 8.77. The fourth-order valence-electron chi connectivity index (χ4n) is 2.96. The Morgan fingerprint density at radius 3 is 2.92 bits per heavy atom. The van der Waals surface area contributed by atoms with E-state index in [1.54, 1.807) is 0 Å². The van der Waals surface area contributed by atoms with Gasteiger partial charge in [-0.25, -0.2) is 0 Å². The SMILES string of the molecule is CCNC1[C@@H]2CCO[C@@H]2C1(C)C. The van der Waals surface area contributed by atoms with E-state index in [1.165, 1.54) is 6.42 Å². The third kappa shape index (κ3) is 0.944. The highest BCUT2D eigenvalue weighted by Crippen LogP contribution is 2.51. The van der Waals surface area contributed by atoms with E-state index in [9.17, 15) is 0 Å². The van der Waals surface area contributed by atoms with Crippen molar-refractivity contribution < 1.29 is 4.74 Å². The van der Waals surface area contributed by atoms with Crippen molar-refractivity contribution in [3.63, 3.8) is 0 Å². The standard InChI is InChI=1S/C10H19NO/c1-4-11-8-7-5-6-12-9(7)10(8,2)3/h7-9,11H,4-6H2,1-3H3/t7-,8?,9-/m0/s1. The number of hydrogen-bond donors (Lipinski definition) is 1. The Hall–Kier alpha value is -0.0800. The average Bonchev–Trinajstić information content (AvgIpc) is 2.46. The molecule has 0 spiro atoms. The summed E-state index contributed by atoms with van der Waals surface area (Å²) in [5, 5.41) is 3.56. The lowest BCUT2D eigenvalue weighted by Crippen LogP contribution is -2.65. The Morgan fingerprint density at radius 2 is 2.25 bits per heavy atom. The molecule has 0 amide bonds.